The highest BCUT2D eigenvalue weighted by molar-refractivity contribution is 7.75. The van der Waals surface area contributed by atoms with Gasteiger partial charge >= 0.3 is 0 Å². The van der Waals surface area contributed by atoms with Gasteiger partial charge in [0.25, 0.3) is 0 Å². The fourth-order valence-electron chi connectivity index (χ4n) is 2.77. The van der Waals surface area contributed by atoms with E-state index < -0.39 is 7.92 Å². The summed E-state index contributed by atoms with van der Waals surface area (Å²) >= 11 is 0. The van der Waals surface area contributed by atoms with Crippen molar-refractivity contribution in [2.24, 2.45) is 5.92 Å². The predicted octanol–water partition coefficient (Wildman–Crippen LogP) is 3.87. The molecule has 2 N–H and O–H groups in total. The molecule has 1 aliphatic rings. The molecule has 0 atom stereocenters. The first-order valence-electron chi connectivity index (χ1n) is 7.18. The van der Waals surface area contributed by atoms with Crippen molar-refractivity contribution in [1.29, 1.82) is 0 Å². The van der Waals surface area contributed by atoms with Gasteiger partial charge in [-0.05, 0) is 43.0 Å². The minimum Gasteiger partial charge on any atom is -0.361 e. The molecule has 0 aliphatic heterocycles. The van der Waals surface area contributed by atoms with Crippen LogP contribution in [0.1, 0.15) is 32.1 Å². The molecule has 1 fully saturated rings. The summed E-state index contributed by atoms with van der Waals surface area (Å²) in [6, 6.07) is 8.56. The summed E-state index contributed by atoms with van der Waals surface area (Å²) in [4.78, 5) is 6.74. The Hall–Kier alpha value is -1.27. The average Bonchev–Trinajstić information content (AvgIpc) is 3.13. The molecule has 3 rings (SSSR count). The van der Waals surface area contributed by atoms with Crippen LogP contribution < -0.4 is 10.9 Å². The van der Waals surface area contributed by atoms with E-state index in [1.54, 1.807) is 0 Å². The molecule has 0 aromatic carbocycles. The molecular formula is C16H21N2P. The van der Waals surface area contributed by atoms with Gasteiger partial charge in [0.15, 0.2) is 0 Å². The fourth-order valence-corrected chi connectivity index (χ4v) is 4.68. The van der Waals surface area contributed by atoms with E-state index in [1.165, 1.54) is 43.0 Å². The maximum absolute atomic E-state index is 3.37. The Kier molecular flexibility index (Phi) is 4.20. The summed E-state index contributed by atoms with van der Waals surface area (Å²) in [5, 5.41) is 0. The fraction of sp³-hybridized carbons (Fsp3) is 0.375. The predicted molar refractivity (Wildman–Crippen MR) is 83.5 cm³/mol. The Morgan fingerprint density at radius 3 is 2.11 bits per heavy atom. The highest BCUT2D eigenvalue weighted by Crippen LogP contribution is 2.35. The second-order valence-electron chi connectivity index (χ2n) is 5.22. The Bertz CT molecular complexity index is 459. The van der Waals surface area contributed by atoms with Crippen LogP contribution in [0.3, 0.4) is 0 Å². The lowest BCUT2D eigenvalue weighted by Gasteiger charge is -2.19. The Labute approximate surface area is 116 Å². The summed E-state index contributed by atoms with van der Waals surface area (Å²) < 4.78 is 0. The van der Waals surface area contributed by atoms with Gasteiger partial charge in [-0.1, -0.05) is 31.2 Å². The van der Waals surface area contributed by atoms with Crippen molar-refractivity contribution >= 4 is 18.8 Å². The van der Waals surface area contributed by atoms with Crippen molar-refractivity contribution in [3.8, 4) is 0 Å². The van der Waals surface area contributed by atoms with Crippen molar-refractivity contribution in [2.45, 2.75) is 32.1 Å². The van der Waals surface area contributed by atoms with Crippen LogP contribution in [0.25, 0.3) is 0 Å². The summed E-state index contributed by atoms with van der Waals surface area (Å²) in [6.45, 7) is 0. The third-order valence-electron chi connectivity index (χ3n) is 3.84. The zero-order valence-electron chi connectivity index (χ0n) is 11.2. The minimum atomic E-state index is -0.393. The molecule has 2 aromatic rings. The van der Waals surface area contributed by atoms with Gasteiger partial charge in [0.05, 0.1) is 0 Å². The standard InChI is InChI=1S/C16H21N2P/c1-2-6-14(7-3-1)10-13-19(15-8-4-11-17-15)16-9-5-12-18-16/h4-5,8-14,17-18H,1-3,6-7H2. The Balaban J connectivity index is 1.78. The number of allylic oxidation sites excluding steroid dienone is 1. The number of hydrogen-bond acceptors (Lipinski definition) is 0. The lowest BCUT2D eigenvalue weighted by Crippen LogP contribution is -2.12. The molecule has 100 valence electrons. The van der Waals surface area contributed by atoms with Gasteiger partial charge < -0.3 is 9.97 Å². The second-order valence-corrected chi connectivity index (χ2v) is 7.22. The van der Waals surface area contributed by atoms with Gasteiger partial charge in [-0.2, -0.15) is 0 Å². The maximum Gasteiger partial charge on any atom is 0.0484 e. The zero-order chi connectivity index (χ0) is 12.9. The van der Waals surface area contributed by atoms with Gasteiger partial charge in [0.2, 0.25) is 0 Å². The van der Waals surface area contributed by atoms with E-state index in [9.17, 15) is 0 Å². The van der Waals surface area contributed by atoms with E-state index >= 15 is 0 Å². The molecule has 1 saturated carbocycles. The molecule has 0 unspecified atom stereocenters. The van der Waals surface area contributed by atoms with Crippen LogP contribution in [0.5, 0.6) is 0 Å². The lowest BCUT2D eigenvalue weighted by molar-refractivity contribution is 0.420. The molecule has 1 aliphatic carbocycles. The van der Waals surface area contributed by atoms with Gasteiger partial charge in [0.1, 0.15) is 0 Å². The molecular weight excluding hydrogens is 251 g/mol. The van der Waals surface area contributed by atoms with Crippen molar-refractivity contribution in [2.75, 3.05) is 0 Å². The third-order valence-corrected chi connectivity index (χ3v) is 5.90. The Morgan fingerprint density at radius 1 is 0.947 bits per heavy atom. The van der Waals surface area contributed by atoms with Crippen LogP contribution in [0, 0.1) is 5.92 Å². The minimum absolute atomic E-state index is 0.393. The molecule has 2 nitrogen and oxygen atoms in total. The summed E-state index contributed by atoms with van der Waals surface area (Å²) in [5.41, 5.74) is 2.65. The first-order chi connectivity index (χ1) is 9.43. The molecule has 19 heavy (non-hydrogen) atoms. The number of aromatic amines is 2. The van der Waals surface area contributed by atoms with E-state index in [4.69, 9.17) is 0 Å². The molecule has 0 spiro atoms. The summed E-state index contributed by atoms with van der Waals surface area (Å²) in [6.07, 6.45) is 13.5. The molecule has 0 saturated heterocycles. The Morgan fingerprint density at radius 2 is 1.58 bits per heavy atom. The number of nitrogens with one attached hydrogen (secondary N) is 2. The number of rotatable bonds is 4. The van der Waals surface area contributed by atoms with Gasteiger partial charge in [-0.3, -0.25) is 0 Å². The van der Waals surface area contributed by atoms with E-state index in [0.717, 1.165) is 5.92 Å². The SMILES string of the molecule is C(=CP(c1ccc[nH]1)c1ccc[nH]1)C1CCCCC1. The van der Waals surface area contributed by atoms with Crippen molar-refractivity contribution in [1.82, 2.24) is 9.97 Å². The van der Waals surface area contributed by atoms with Crippen molar-refractivity contribution < 1.29 is 0 Å². The smallest absolute Gasteiger partial charge is 0.0484 e. The molecule has 3 heteroatoms. The molecule has 2 aromatic heterocycles. The van der Waals surface area contributed by atoms with Crippen LogP contribution in [-0.4, -0.2) is 9.97 Å². The number of H-pyrrole nitrogens is 2. The largest absolute Gasteiger partial charge is 0.361 e. The molecule has 0 amide bonds. The van der Waals surface area contributed by atoms with E-state index in [-0.39, 0.29) is 0 Å². The third kappa shape index (κ3) is 3.19. The van der Waals surface area contributed by atoms with Crippen molar-refractivity contribution in [3.05, 3.63) is 48.6 Å². The van der Waals surface area contributed by atoms with Crippen LogP contribution in [0.4, 0.5) is 0 Å². The molecule has 2 heterocycles. The number of aromatic nitrogens is 2. The summed E-state index contributed by atoms with van der Waals surface area (Å²) in [7, 11) is -0.393. The normalized spacial score (nSPS) is 17.5. The quantitative estimate of drug-likeness (QED) is 0.792. The monoisotopic (exact) mass is 272 g/mol. The molecule has 0 radical (unpaired) electrons. The highest BCUT2D eigenvalue weighted by atomic mass is 31.1. The van der Waals surface area contributed by atoms with Crippen LogP contribution in [0.2, 0.25) is 0 Å². The lowest BCUT2D eigenvalue weighted by atomic mass is 9.90. The van der Waals surface area contributed by atoms with Crippen LogP contribution >= 0.6 is 7.92 Å². The number of hydrogen-bond donors (Lipinski definition) is 2. The van der Waals surface area contributed by atoms with E-state index in [1.807, 2.05) is 12.4 Å². The van der Waals surface area contributed by atoms with Crippen LogP contribution in [0.15, 0.2) is 48.6 Å². The maximum atomic E-state index is 3.37. The first kappa shape index (κ1) is 12.7. The van der Waals surface area contributed by atoms with Gasteiger partial charge in [0, 0.05) is 31.2 Å². The average molecular weight is 272 g/mol. The first-order valence-corrected chi connectivity index (χ1v) is 8.59. The zero-order valence-corrected chi connectivity index (χ0v) is 12.1. The van der Waals surface area contributed by atoms with Gasteiger partial charge in [-0.25, -0.2) is 0 Å². The van der Waals surface area contributed by atoms with E-state index in [2.05, 4.69) is 46.1 Å². The summed E-state index contributed by atoms with van der Waals surface area (Å²) in [5.74, 6) is 3.23. The van der Waals surface area contributed by atoms with E-state index in [0.29, 0.717) is 0 Å². The topological polar surface area (TPSA) is 31.6 Å². The second kappa shape index (κ2) is 6.25. The van der Waals surface area contributed by atoms with Gasteiger partial charge in [-0.15, -0.1) is 0 Å². The van der Waals surface area contributed by atoms with Crippen molar-refractivity contribution in [3.63, 3.8) is 0 Å². The highest BCUT2D eigenvalue weighted by Gasteiger charge is 2.14. The molecule has 0 bridgehead atoms. The van der Waals surface area contributed by atoms with Crippen LogP contribution in [-0.2, 0) is 0 Å².